The molecule has 194 valence electrons. The number of carbonyl (C=O) groups is 3. The van der Waals surface area contributed by atoms with Gasteiger partial charge in [0.25, 0.3) is 0 Å². The van der Waals surface area contributed by atoms with Gasteiger partial charge in [-0.15, -0.1) is 0 Å². The fourth-order valence-corrected chi connectivity index (χ4v) is 4.21. The lowest BCUT2D eigenvalue weighted by atomic mass is 10.1. The van der Waals surface area contributed by atoms with Crippen molar-refractivity contribution in [2.75, 3.05) is 48.3 Å². The van der Waals surface area contributed by atoms with Crippen LogP contribution in [-0.2, 0) is 9.53 Å². The molecule has 8 heteroatoms. The third-order valence-electron chi connectivity index (χ3n) is 6.27. The molecule has 1 fully saturated rings. The monoisotopic (exact) mass is 494 g/mol. The van der Waals surface area contributed by atoms with E-state index in [4.69, 9.17) is 4.74 Å². The molecule has 1 heterocycles. The zero-order valence-corrected chi connectivity index (χ0v) is 21.4. The minimum Gasteiger partial charge on any atom is -0.462 e. The van der Waals surface area contributed by atoms with Crippen molar-refractivity contribution in [3.05, 3.63) is 54.1 Å². The van der Waals surface area contributed by atoms with E-state index in [-0.39, 0.29) is 17.9 Å². The predicted octanol–water partition coefficient (Wildman–Crippen LogP) is 5.52. The van der Waals surface area contributed by atoms with Gasteiger partial charge in [-0.3, -0.25) is 4.79 Å². The summed E-state index contributed by atoms with van der Waals surface area (Å²) in [7, 11) is 0. The van der Waals surface area contributed by atoms with E-state index >= 15 is 0 Å². The standard InChI is InChI=1S/C28H38N4O4/c1-3-5-6-7-8-9-26(33)32-20-18-31(19-21-32)25-16-14-24(15-17-25)30-28(35)29-23-12-10-22(11-13-23)27(34)36-4-2/h10-17H,3-9,18-21H2,1-2H3,(H2,29,30,35). The first-order valence-corrected chi connectivity index (χ1v) is 13.0. The number of nitrogens with zero attached hydrogens (tertiary/aromatic N) is 2. The molecule has 1 aliphatic rings. The summed E-state index contributed by atoms with van der Waals surface area (Å²) in [5.41, 5.74) is 2.76. The summed E-state index contributed by atoms with van der Waals surface area (Å²) in [4.78, 5) is 40.8. The van der Waals surface area contributed by atoms with Gasteiger partial charge in [0.15, 0.2) is 0 Å². The third kappa shape index (κ3) is 8.29. The topological polar surface area (TPSA) is 91.0 Å². The summed E-state index contributed by atoms with van der Waals surface area (Å²) >= 11 is 0. The molecule has 1 aliphatic heterocycles. The average molecular weight is 495 g/mol. The van der Waals surface area contributed by atoms with Gasteiger partial charge in [0, 0.05) is 49.7 Å². The molecule has 0 atom stereocenters. The maximum absolute atomic E-state index is 12.5. The van der Waals surface area contributed by atoms with Crippen LogP contribution in [0.3, 0.4) is 0 Å². The summed E-state index contributed by atoms with van der Waals surface area (Å²) in [6.07, 6.45) is 6.46. The Hall–Kier alpha value is -3.55. The quantitative estimate of drug-likeness (QED) is 0.317. The number of urea groups is 1. The molecular formula is C28H38N4O4. The van der Waals surface area contributed by atoms with E-state index in [1.54, 1.807) is 31.2 Å². The third-order valence-corrected chi connectivity index (χ3v) is 6.27. The van der Waals surface area contributed by atoms with Crippen LogP contribution in [0.1, 0.15) is 62.7 Å². The highest BCUT2D eigenvalue weighted by Crippen LogP contribution is 2.20. The molecule has 0 radical (unpaired) electrons. The molecule has 2 aromatic rings. The molecule has 1 saturated heterocycles. The van der Waals surface area contributed by atoms with Gasteiger partial charge in [-0.1, -0.05) is 32.6 Å². The molecule has 3 amide bonds. The number of benzene rings is 2. The molecule has 0 spiro atoms. The van der Waals surface area contributed by atoms with Crippen LogP contribution in [0.4, 0.5) is 21.9 Å². The highest BCUT2D eigenvalue weighted by atomic mass is 16.5. The lowest BCUT2D eigenvalue weighted by molar-refractivity contribution is -0.131. The summed E-state index contributed by atoms with van der Waals surface area (Å²) in [6.45, 7) is 7.35. The number of nitrogens with one attached hydrogen (secondary N) is 2. The first kappa shape index (κ1) is 27.0. The Morgan fingerprint density at radius 3 is 1.94 bits per heavy atom. The van der Waals surface area contributed by atoms with Crippen molar-refractivity contribution in [2.45, 2.75) is 52.4 Å². The van der Waals surface area contributed by atoms with Crippen molar-refractivity contribution in [1.29, 1.82) is 0 Å². The van der Waals surface area contributed by atoms with Gasteiger partial charge in [0.05, 0.1) is 12.2 Å². The van der Waals surface area contributed by atoms with Gasteiger partial charge in [-0.25, -0.2) is 9.59 Å². The second-order valence-corrected chi connectivity index (χ2v) is 8.96. The summed E-state index contributed by atoms with van der Waals surface area (Å²) < 4.78 is 4.96. The number of ether oxygens (including phenoxy) is 1. The van der Waals surface area contributed by atoms with Crippen molar-refractivity contribution >= 4 is 35.0 Å². The number of anilines is 3. The second kappa shape index (κ2) is 14.1. The number of hydrogen-bond acceptors (Lipinski definition) is 5. The molecule has 0 aliphatic carbocycles. The Kier molecular flexibility index (Phi) is 10.6. The van der Waals surface area contributed by atoms with Gasteiger partial charge in [0.2, 0.25) is 5.91 Å². The van der Waals surface area contributed by atoms with Gasteiger partial charge in [-0.2, -0.15) is 0 Å². The molecule has 0 unspecified atom stereocenters. The maximum Gasteiger partial charge on any atom is 0.338 e. The first-order valence-electron chi connectivity index (χ1n) is 13.0. The van der Waals surface area contributed by atoms with E-state index in [9.17, 15) is 14.4 Å². The Balaban J connectivity index is 1.41. The number of esters is 1. The lowest BCUT2D eigenvalue weighted by Crippen LogP contribution is -2.48. The second-order valence-electron chi connectivity index (χ2n) is 8.96. The van der Waals surface area contributed by atoms with Crippen LogP contribution < -0.4 is 15.5 Å². The number of piperazine rings is 1. The van der Waals surface area contributed by atoms with E-state index in [0.717, 1.165) is 44.7 Å². The van der Waals surface area contributed by atoms with Crippen LogP contribution in [0.5, 0.6) is 0 Å². The first-order chi connectivity index (χ1) is 17.5. The van der Waals surface area contributed by atoms with Crippen LogP contribution in [-0.4, -0.2) is 55.6 Å². The SMILES string of the molecule is CCCCCCCC(=O)N1CCN(c2ccc(NC(=O)Nc3ccc(C(=O)OCC)cc3)cc2)CC1. The number of amides is 3. The van der Waals surface area contributed by atoms with E-state index in [1.165, 1.54) is 19.3 Å². The minimum atomic E-state index is -0.389. The van der Waals surface area contributed by atoms with Crippen LogP contribution in [0.2, 0.25) is 0 Å². The van der Waals surface area contributed by atoms with Crippen LogP contribution >= 0.6 is 0 Å². The Morgan fingerprint density at radius 1 is 0.778 bits per heavy atom. The van der Waals surface area contributed by atoms with E-state index in [2.05, 4.69) is 22.5 Å². The molecule has 0 saturated carbocycles. The maximum atomic E-state index is 12.5. The summed E-state index contributed by atoms with van der Waals surface area (Å²) in [6, 6.07) is 13.9. The van der Waals surface area contributed by atoms with Gasteiger partial charge in [0.1, 0.15) is 0 Å². The number of rotatable bonds is 11. The minimum absolute atomic E-state index is 0.271. The number of carbonyl (C=O) groups excluding carboxylic acids is 3. The molecular weight excluding hydrogens is 456 g/mol. The van der Waals surface area contributed by atoms with Crippen molar-refractivity contribution in [1.82, 2.24) is 4.90 Å². The van der Waals surface area contributed by atoms with Crippen LogP contribution in [0, 0.1) is 0 Å². The van der Waals surface area contributed by atoms with Crippen molar-refractivity contribution in [3.63, 3.8) is 0 Å². The molecule has 2 N–H and O–H groups in total. The van der Waals surface area contributed by atoms with Crippen molar-refractivity contribution in [3.8, 4) is 0 Å². The van der Waals surface area contributed by atoms with E-state index < -0.39 is 0 Å². The van der Waals surface area contributed by atoms with Gasteiger partial charge < -0.3 is 25.2 Å². The molecule has 0 aromatic heterocycles. The highest BCUT2D eigenvalue weighted by molar-refractivity contribution is 6.00. The molecule has 36 heavy (non-hydrogen) atoms. The van der Waals surface area contributed by atoms with E-state index in [1.807, 2.05) is 29.2 Å². The predicted molar refractivity (Wildman–Crippen MR) is 144 cm³/mol. The Labute approximate surface area is 214 Å². The number of hydrogen-bond donors (Lipinski definition) is 2. The molecule has 2 aromatic carbocycles. The molecule has 3 rings (SSSR count). The smallest absolute Gasteiger partial charge is 0.338 e. The highest BCUT2D eigenvalue weighted by Gasteiger charge is 2.21. The summed E-state index contributed by atoms with van der Waals surface area (Å²) in [5, 5.41) is 5.58. The van der Waals surface area contributed by atoms with Gasteiger partial charge >= 0.3 is 12.0 Å². The zero-order valence-electron chi connectivity index (χ0n) is 21.4. The van der Waals surface area contributed by atoms with Crippen LogP contribution in [0.15, 0.2) is 48.5 Å². The zero-order chi connectivity index (χ0) is 25.8. The lowest BCUT2D eigenvalue weighted by Gasteiger charge is -2.36. The van der Waals surface area contributed by atoms with Crippen molar-refractivity contribution in [2.24, 2.45) is 0 Å². The summed E-state index contributed by atoms with van der Waals surface area (Å²) in [5.74, 6) is -0.119. The Bertz CT molecular complexity index is 984. The molecule has 0 bridgehead atoms. The normalized spacial score (nSPS) is 13.3. The Morgan fingerprint density at radius 2 is 1.36 bits per heavy atom. The fourth-order valence-electron chi connectivity index (χ4n) is 4.21. The fraction of sp³-hybridized carbons (Fsp3) is 0.464. The van der Waals surface area contributed by atoms with E-state index in [0.29, 0.717) is 30.0 Å². The largest absolute Gasteiger partial charge is 0.462 e. The van der Waals surface area contributed by atoms with Crippen molar-refractivity contribution < 1.29 is 19.1 Å². The van der Waals surface area contributed by atoms with Crippen LogP contribution in [0.25, 0.3) is 0 Å². The molecule has 8 nitrogen and oxygen atoms in total. The van der Waals surface area contributed by atoms with Gasteiger partial charge in [-0.05, 0) is 61.9 Å². The number of unbranched alkanes of at least 4 members (excludes halogenated alkanes) is 4. The average Bonchev–Trinajstić information content (AvgIpc) is 2.89.